The number of hydrogen-bond donors (Lipinski definition) is 0. The van der Waals surface area contributed by atoms with E-state index in [-0.39, 0.29) is 5.75 Å². The van der Waals surface area contributed by atoms with Crippen molar-refractivity contribution in [1.29, 1.82) is 0 Å². The Labute approximate surface area is 81.3 Å². The van der Waals surface area contributed by atoms with Crippen molar-refractivity contribution in [2.75, 3.05) is 11.4 Å². The van der Waals surface area contributed by atoms with Gasteiger partial charge in [-0.3, -0.25) is 4.31 Å². The highest BCUT2D eigenvalue weighted by molar-refractivity contribution is 7.92. The molecule has 2 heterocycles. The molecule has 13 heavy (non-hydrogen) atoms. The largest absolute Gasteiger partial charge is 0.256 e. The maximum Gasteiger partial charge on any atom is 0.241 e. The minimum absolute atomic E-state index is 0.122. The van der Waals surface area contributed by atoms with Crippen LogP contribution in [0.25, 0.3) is 0 Å². The number of thiazole rings is 1. The van der Waals surface area contributed by atoms with Gasteiger partial charge in [-0.25, -0.2) is 13.4 Å². The van der Waals surface area contributed by atoms with Crippen LogP contribution in [-0.4, -0.2) is 20.4 Å². The molecule has 72 valence electrons. The lowest BCUT2D eigenvalue weighted by Crippen LogP contribution is -2.21. The number of sulfonamides is 1. The molecule has 0 bridgehead atoms. The van der Waals surface area contributed by atoms with Crippen molar-refractivity contribution in [3.63, 3.8) is 0 Å². The fourth-order valence-corrected chi connectivity index (χ4v) is 3.92. The number of hydrogen-bond acceptors (Lipinski definition) is 4. The molecule has 0 amide bonds. The van der Waals surface area contributed by atoms with Gasteiger partial charge in [0.25, 0.3) is 0 Å². The molecule has 0 spiro atoms. The Morgan fingerprint density at radius 1 is 1.62 bits per heavy atom. The van der Waals surface area contributed by atoms with Gasteiger partial charge < -0.3 is 0 Å². The number of anilines is 1. The SMILES string of the molecule is CCc1nc2c(s1)CS(=O)(=O)N2C. The Bertz CT molecular complexity index is 435. The highest BCUT2D eigenvalue weighted by atomic mass is 32.2. The van der Waals surface area contributed by atoms with Gasteiger partial charge in [-0.05, 0) is 6.42 Å². The molecular weight excluding hydrogens is 208 g/mol. The minimum atomic E-state index is -3.08. The van der Waals surface area contributed by atoms with Crippen LogP contribution in [0.1, 0.15) is 16.8 Å². The molecule has 0 aliphatic carbocycles. The second kappa shape index (κ2) is 2.68. The average Bonchev–Trinajstić information content (AvgIpc) is 2.52. The van der Waals surface area contributed by atoms with Crippen LogP contribution in [0, 0.1) is 0 Å². The molecule has 0 atom stereocenters. The smallest absolute Gasteiger partial charge is 0.241 e. The molecule has 6 heteroatoms. The zero-order chi connectivity index (χ0) is 9.64. The lowest BCUT2D eigenvalue weighted by molar-refractivity contribution is 0.596. The van der Waals surface area contributed by atoms with Crippen LogP contribution in [0.3, 0.4) is 0 Å². The lowest BCUT2D eigenvalue weighted by Gasteiger charge is -2.07. The summed E-state index contributed by atoms with van der Waals surface area (Å²) in [6.07, 6.45) is 0.867. The Balaban J connectivity index is 2.50. The number of aryl methyl sites for hydroxylation is 1. The van der Waals surface area contributed by atoms with Crippen LogP contribution in [0.15, 0.2) is 0 Å². The summed E-state index contributed by atoms with van der Waals surface area (Å²) in [6.45, 7) is 2.02. The predicted molar refractivity (Wildman–Crippen MR) is 52.5 cm³/mol. The number of aromatic nitrogens is 1. The van der Waals surface area contributed by atoms with E-state index in [2.05, 4.69) is 4.98 Å². The van der Waals surface area contributed by atoms with Gasteiger partial charge in [0, 0.05) is 7.05 Å². The molecule has 1 aliphatic rings. The fourth-order valence-electron chi connectivity index (χ4n) is 1.28. The predicted octanol–water partition coefficient (Wildman–Crippen LogP) is 0.985. The summed E-state index contributed by atoms with van der Waals surface area (Å²) in [6, 6.07) is 0. The van der Waals surface area contributed by atoms with Crippen LogP contribution in [0.4, 0.5) is 5.82 Å². The van der Waals surface area contributed by atoms with E-state index in [0.29, 0.717) is 5.82 Å². The molecule has 0 fully saturated rings. The molecule has 0 saturated heterocycles. The fraction of sp³-hybridized carbons (Fsp3) is 0.571. The van der Waals surface area contributed by atoms with Crippen molar-refractivity contribution < 1.29 is 8.42 Å². The highest BCUT2D eigenvalue weighted by Crippen LogP contribution is 2.35. The van der Waals surface area contributed by atoms with Crippen molar-refractivity contribution in [3.8, 4) is 0 Å². The van der Waals surface area contributed by atoms with E-state index in [1.807, 2.05) is 6.92 Å². The maximum atomic E-state index is 11.4. The summed E-state index contributed by atoms with van der Waals surface area (Å²) in [5, 5.41) is 1.01. The quantitative estimate of drug-likeness (QED) is 0.706. The minimum Gasteiger partial charge on any atom is -0.256 e. The molecule has 2 rings (SSSR count). The third-order valence-corrected chi connectivity index (χ3v) is 5.09. The standard InChI is InChI=1S/C7H10N2O2S2/c1-3-6-8-7-5(12-6)4-13(10,11)9(7)2/h3-4H2,1-2H3. The van der Waals surface area contributed by atoms with E-state index in [1.54, 1.807) is 7.05 Å². The van der Waals surface area contributed by atoms with Crippen LogP contribution in [0.5, 0.6) is 0 Å². The van der Waals surface area contributed by atoms with Crippen LogP contribution >= 0.6 is 11.3 Å². The molecule has 1 aromatic heterocycles. The molecule has 1 aliphatic heterocycles. The lowest BCUT2D eigenvalue weighted by atomic mass is 10.5. The molecule has 0 unspecified atom stereocenters. The summed E-state index contributed by atoms with van der Waals surface area (Å²) in [4.78, 5) is 5.13. The molecular formula is C7H10N2O2S2. The average molecular weight is 218 g/mol. The number of nitrogens with zero attached hydrogens (tertiary/aromatic N) is 2. The normalized spacial score (nSPS) is 19.1. The first-order chi connectivity index (χ1) is 6.04. The second-order valence-electron chi connectivity index (χ2n) is 2.93. The van der Waals surface area contributed by atoms with E-state index in [4.69, 9.17) is 0 Å². The van der Waals surface area contributed by atoms with Gasteiger partial charge in [-0.1, -0.05) is 6.92 Å². The van der Waals surface area contributed by atoms with Gasteiger partial charge in [-0.15, -0.1) is 11.3 Å². The Hall–Kier alpha value is -0.620. The van der Waals surface area contributed by atoms with Crippen molar-refractivity contribution in [2.24, 2.45) is 0 Å². The van der Waals surface area contributed by atoms with Crippen LogP contribution in [0.2, 0.25) is 0 Å². The van der Waals surface area contributed by atoms with Gasteiger partial charge in [0.15, 0.2) is 5.82 Å². The third kappa shape index (κ3) is 1.24. The molecule has 0 saturated carbocycles. The Kier molecular flexibility index (Phi) is 1.85. The number of rotatable bonds is 1. The first-order valence-electron chi connectivity index (χ1n) is 4.00. The molecule has 0 aromatic carbocycles. The van der Waals surface area contributed by atoms with Crippen LogP contribution in [-0.2, 0) is 22.2 Å². The zero-order valence-electron chi connectivity index (χ0n) is 7.44. The van der Waals surface area contributed by atoms with Crippen molar-refractivity contribution in [2.45, 2.75) is 19.1 Å². The summed E-state index contributed by atoms with van der Waals surface area (Å²) in [7, 11) is -1.53. The second-order valence-corrected chi connectivity index (χ2v) is 6.10. The highest BCUT2D eigenvalue weighted by Gasteiger charge is 2.33. The summed E-state index contributed by atoms with van der Waals surface area (Å²) >= 11 is 1.50. The van der Waals surface area contributed by atoms with E-state index in [0.717, 1.165) is 16.3 Å². The van der Waals surface area contributed by atoms with Gasteiger partial charge in [0.05, 0.1) is 9.88 Å². The molecule has 0 N–H and O–H groups in total. The monoisotopic (exact) mass is 218 g/mol. The van der Waals surface area contributed by atoms with Gasteiger partial charge in [-0.2, -0.15) is 0 Å². The Morgan fingerprint density at radius 3 is 2.85 bits per heavy atom. The number of fused-ring (bicyclic) bond motifs is 1. The van der Waals surface area contributed by atoms with E-state index < -0.39 is 10.0 Å². The molecule has 0 radical (unpaired) electrons. The topological polar surface area (TPSA) is 50.3 Å². The zero-order valence-corrected chi connectivity index (χ0v) is 9.07. The summed E-state index contributed by atoms with van der Waals surface area (Å²) in [5.74, 6) is 0.748. The van der Waals surface area contributed by atoms with Crippen molar-refractivity contribution in [3.05, 3.63) is 9.88 Å². The van der Waals surface area contributed by atoms with Gasteiger partial charge >= 0.3 is 0 Å². The first-order valence-corrected chi connectivity index (χ1v) is 6.42. The van der Waals surface area contributed by atoms with E-state index in [1.165, 1.54) is 15.6 Å². The van der Waals surface area contributed by atoms with Crippen LogP contribution < -0.4 is 4.31 Å². The van der Waals surface area contributed by atoms with Crippen molar-refractivity contribution in [1.82, 2.24) is 4.98 Å². The Morgan fingerprint density at radius 2 is 2.31 bits per heavy atom. The van der Waals surface area contributed by atoms with Gasteiger partial charge in [0.1, 0.15) is 5.75 Å². The van der Waals surface area contributed by atoms with Gasteiger partial charge in [0.2, 0.25) is 10.0 Å². The molecule has 4 nitrogen and oxygen atoms in total. The first kappa shape index (κ1) is 8.96. The summed E-state index contributed by atoms with van der Waals surface area (Å²) in [5.41, 5.74) is 0. The maximum absolute atomic E-state index is 11.4. The van der Waals surface area contributed by atoms with E-state index in [9.17, 15) is 8.42 Å². The van der Waals surface area contributed by atoms with Crippen molar-refractivity contribution >= 4 is 27.2 Å². The van der Waals surface area contributed by atoms with E-state index >= 15 is 0 Å². The summed E-state index contributed by atoms with van der Waals surface area (Å²) < 4.78 is 24.0. The third-order valence-electron chi connectivity index (χ3n) is 2.05. The molecule has 1 aromatic rings.